The van der Waals surface area contributed by atoms with E-state index in [1.807, 2.05) is 25.7 Å². The fourth-order valence-electron chi connectivity index (χ4n) is 1.69. The molecule has 0 aromatic carbocycles. The van der Waals surface area contributed by atoms with E-state index in [0.717, 1.165) is 18.8 Å². The number of amides is 1. The van der Waals surface area contributed by atoms with Gasteiger partial charge in [-0.15, -0.1) is 0 Å². The van der Waals surface area contributed by atoms with Crippen LogP contribution in [0, 0.1) is 6.92 Å². The number of nitrogens with zero attached hydrogens (tertiary/aromatic N) is 3. The Morgan fingerprint density at radius 1 is 1.37 bits per heavy atom. The van der Waals surface area contributed by atoms with Crippen molar-refractivity contribution in [3.8, 4) is 0 Å². The second-order valence-corrected chi connectivity index (χ2v) is 4.20. The van der Waals surface area contributed by atoms with Crippen LogP contribution < -0.4 is 10.2 Å². The SMILES string of the molecule is CCN(CC)c1nc(C)cc(C(=O)NCCCO)n1. The van der Waals surface area contributed by atoms with Crippen LogP contribution in [0.15, 0.2) is 6.07 Å². The van der Waals surface area contributed by atoms with E-state index in [0.29, 0.717) is 24.6 Å². The summed E-state index contributed by atoms with van der Waals surface area (Å²) in [4.78, 5) is 22.6. The lowest BCUT2D eigenvalue weighted by molar-refractivity contribution is 0.0946. The van der Waals surface area contributed by atoms with Crippen LogP contribution in [0.25, 0.3) is 0 Å². The van der Waals surface area contributed by atoms with Gasteiger partial charge in [0, 0.05) is 31.9 Å². The Morgan fingerprint density at radius 3 is 2.63 bits per heavy atom. The summed E-state index contributed by atoms with van der Waals surface area (Å²) in [6.45, 7) is 8.00. The molecular formula is C13H22N4O2. The van der Waals surface area contributed by atoms with Gasteiger partial charge in [-0.3, -0.25) is 4.79 Å². The molecule has 6 heteroatoms. The number of carbonyl (C=O) groups is 1. The molecule has 106 valence electrons. The minimum atomic E-state index is -0.229. The zero-order valence-electron chi connectivity index (χ0n) is 11.8. The van der Waals surface area contributed by atoms with Gasteiger partial charge < -0.3 is 15.3 Å². The smallest absolute Gasteiger partial charge is 0.270 e. The van der Waals surface area contributed by atoms with Crippen molar-refractivity contribution in [1.82, 2.24) is 15.3 Å². The third-order valence-electron chi connectivity index (χ3n) is 2.74. The number of hydrogen-bond donors (Lipinski definition) is 2. The van der Waals surface area contributed by atoms with Crippen molar-refractivity contribution in [3.63, 3.8) is 0 Å². The molecule has 1 aromatic heterocycles. The lowest BCUT2D eigenvalue weighted by Crippen LogP contribution is -2.29. The molecule has 0 radical (unpaired) electrons. The molecule has 1 aromatic rings. The number of aromatic nitrogens is 2. The van der Waals surface area contributed by atoms with Crippen LogP contribution in [0.1, 0.15) is 36.5 Å². The number of rotatable bonds is 7. The van der Waals surface area contributed by atoms with Gasteiger partial charge in [-0.25, -0.2) is 9.97 Å². The van der Waals surface area contributed by atoms with E-state index in [9.17, 15) is 4.79 Å². The third kappa shape index (κ3) is 4.48. The summed E-state index contributed by atoms with van der Waals surface area (Å²) in [5.74, 6) is 0.352. The van der Waals surface area contributed by atoms with E-state index < -0.39 is 0 Å². The van der Waals surface area contributed by atoms with Crippen molar-refractivity contribution >= 4 is 11.9 Å². The Labute approximate surface area is 113 Å². The van der Waals surface area contributed by atoms with E-state index in [4.69, 9.17) is 5.11 Å². The van der Waals surface area contributed by atoms with Gasteiger partial charge in [-0.1, -0.05) is 0 Å². The monoisotopic (exact) mass is 266 g/mol. The zero-order valence-corrected chi connectivity index (χ0v) is 11.8. The fourth-order valence-corrected chi connectivity index (χ4v) is 1.69. The molecule has 0 unspecified atom stereocenters. The molecule has 0 fully saturated rings. The second kappa shape index (κ2) is 7.68. The number of carbonyl (C=O) groups excluding carboxylic acids is 1. The van der Waals surface area contributed by atoms with Crippen molar-refractivity contribution in [3.05, 3.63) is 17.5 Å². The minimum absolute atomic E-state index is 0.0633. The van der Waals surface area contributed by atoms with Gasteiger partial charge in [0.05, 0.1) is 0 Å². The van der Waals surface area contributed by atoms with Crippen LogP contribution in [0.2, 0.25) is 0 Å². The number of aliphatic hydroxyl groups is 1. The molecule has 0 spiro atoms. The average molecular weight is 266 g/mol. The molecule has 0 atom stereocenters. The Bertz CT molecular complexity index is 419. The first kappa shape index (κ1) is 15.4. The molecule has 1 heterocycles. The van der Waals surface area contributed by atoms with Crippen molar-refractivity contribution in [2.75, 3.05) is 31.1 Å². The highest BCUT2D eigenvalue weighted by atomic mass is 16.3. The van der Waals surface area contributed by atoms with Gasteiger partial charge in [0.25, 0.3) is 5.91 Å². The van der Waals surface area contributed by atoms with Gasteiger partial charge >= 0.3 is 0 Å². The molecule has 0 bridgehead atoms. The van der Waals surface area contributed by atoms with Crippen LogP contribution in [0.5, 0.6) is 0 Å². The maximum absolute atomic E-state index is 11.9. The standard InChI is InChI=1S/C13H22N4O2/c1-4-17(5-2)13-15-10(3)9-11(16-13)12(19)14-7-6-8-18/h9,18H,4-8H2,1-3H3,(H,14,19). The zero-order chi connectivity index (χ0) is 14.3. The molecule has 0 aliphatic heterocycles. The first-order chi connectivity index (χ1) is 9.12. The first-order valence-corrected chi connectivity index (χ1v) is 6.62. The number of aliphatic hydroxyl groups excluding tert-OH is 1. The van der Waals surface area contributed by atoms with Crippen molar-refractivity contribution in [2.24, 2.45) is 0 Å². The lowest BCUT2D eigenvalue weighted by Gasteiger charge is -2.19. The number of nitrogens with one attached hydrogen (secondary N) is 1. The van der Waals surface area contributed by atoms with Gasteiger partial charge in [-0.2, -0.15) is 0 Å². The van der Waals surface area contributed by atoms with Crippen molar-refractivity contribution < 1.29 is 9.90 Å². The maximum Gasteiger partial charge on any atom is 0.270 e. The summed E-state index contributed by atoms with van der Waals surface area (Å²) < 4.78 is 0. The Balaban J connectivity index is 2.86. The van der Waals surface area contributed by atoms with Gasteiger partial charge in [0.1, 0.15) is 5.69 Å². The Hall–Kier alpha value is -1.69. The number of anilines is 1. The lowest BCUT2D eigenvalue weighted by atomic mass is 10.3. The summed E-state index contributed by atoms with van der Waals surface area (Å²) in [6.07, 6.45) is 0.540. The van der Waals surface area contributed by atoms with Crippen molar-refractivity contribution in [1.29, 1.82) is 0 Å². The van der Waals surface area contributed by atoms with Crippen LogP contribution >= 0.6 is 0 Å². The minimum Gasteiger partial charge on any atom is -0.396 e. The molecule has 0 aliphatic carbocycles. The van der Waals surface area contributed by atoms with E-state index in [2.05, 4.69) is 15.3 Å². The molecular weight excluding hydrogens is 244 g/mol. The van der Waals surface area contributed by atoms with E-state index >= 15 is 0 Å². The topological polar surface area (TPSA) is 78.4 Å². The predicted molar refractivity (Wildman–Crippen MR) is 74.4 cm³/mol. The molecule has 0 saturated carbocycles. The second-order valence-electron chi connectivity index (χ2n) is 4.20. The van der Waals surface area contributed by atoms with Crippen molar-refractivity contribution in [2.45, 2.75) is 27.2 Å². The molecule has 19 heavy (non-hydrogen) atoms. The van der Waals surface area contributed by atoms with Crippen LogP contribution in [-0.4, -0.2) is 47.2 Å². The van der Waals surface area contributed by atoms with E-state index in [-0.39, 0.29) is 12.5 Å². The highest BCUT2D eigenvalue weighted by Gasteiger charge is 2.12. The summed E-state index contributed by atoms with van der Waals surface area (Å²) >= 11 is 0. The van der Waals surface area contributed by atoms with Gasteiger partial charge in [-0.05, 0) is 33.3 Å². The first-order valence-electron chi connectivity index (χ1n) is 6.62. The van der Waals surface area contributed by atoms with Crippen LogP contribution in [-0.2, 0) is 0 Å². The predicted octanol–water partition coefficient (Wildman–Crippen LogP) is 0.743. The Morgan fingerprint density at radius 2 is 2.05 bits per heavy atom. The molecule has 2 N–H and O–H groups in total. The molecule has 0 saturated heterocycles. The van der Waals surface area contributed by atoms with Gasteiger partial charge in [0.15, 0.2) is 0 Å². The third-order valence-corrected chi connectivity index (χ3v) is 2.74. The highest BCUT2D eigenvalue weighted by Crippen LogP contribution is 2.10. The van der Waals surface area contributed by atoms with Gasteiger partial charge in [0.2, 0.25) is 5.95 Å². The molecule has 1 amide bonds. The number of hydrogen-bond acceptors (Lipinski definition) is 5. The molecule has 6 nitrogen and oxygen atoms in total. The molecule has 0 aliphatic rings. The van der Waals surface area contributed by atoms with E-state index in [1.165, 1.54) is 0 Å². The van der Waals surface area contributed by atoms with E-state index in [1.54, 1.807) is 6.07 Å². The fraction of sp³-hybridized carbons (Fsp3) is 0.615. The summed E-state index contributed by atoms with van der Waals surface area (Å²) in [5.41, 5.74) is 1.14. The highest BCUT2D eigenvalue weighted by molar-refractivity contribution is 5.92. The summed E-state index contributed by atoms with van der Waals surface area (Å²) in [5, 5.41) is 11.4. The quantitative estimate of drug-likeness (QED) is 0.712. The Kier molecular flexibility index (Phi) is 6.21. The summed E-state index contributed by atoms with van der Waals surface area (Å²) in [6, 6.07) is 1.67. The number of aryl methyl sites for hydroxylation is 1. The normalized spacial score (nSPS) is 10.3. The summed E-state index contributed by atoms with van der Waals surface area (Å²) in [7, 11) is 0. The van der Waals surface area contributed by atoms with Crippen LogP contribution in [0.3, 0.4) is 0 Å². The maximum atomic E-state index is 11.9. The largest absolute Gasteiger partial charge is 0.396 e. The molecule has 1 rings (SSSR count). The average Bonchev–Trinajstić information content (AvgIpc) is 2.39. The van der Waals surface area contributed by atoms with Crippen LogP contribution in [0.4, 0.5) is 5.95 Å².